The van der Waals surface area contributed by atoms with Gasteiger partial charge in [-0.2, -0.15) is 0 Å². The van der Waals surface area contributed by atoms with Crippen LogP contribution < -0.4 is 0 Å². The van der Waals surface area contributed by atoms with E-state index in [2.05, 4.69) is 4.99 Å². The van der Waals surface area contributed by atoms with Crippen LogP contribution in [0.1, 0.15) is 0 Å². The smallest absolute Gasteiger partial charge is 0.259 e. The fourth-order valence-electron chi connectivity index (χ4n) is 1.14. The molecule has 2 rings (SSSR count). The second-order valence-electron chi connectivity index (χ2n) is 2.73. The summed E-state index contributed by atoms with van der Waals surface area (Å²) in [6, 6.07) is 6.68. The molecule has 0 aliphatic carbocycles. The van der Waals surface area contributed by atoms with Gasteiger partial charge in [-0.15, -0.1) is 0 Å². The molecule has 0 N–H and O–H groups in total. The molecule has 0 atom stereocenters. The van der Waals surface area contributed by atoms with Gasteiger partial charge >= 0.3 is 0 Å². The van der Waals surface area contributed by atoms with Gasteiger partial charge in [0.25, 0.3) is 10.0 Å². The van der Waals surface area contributed by atoms with E-state index in [1.165, 1.54) is 13.4 Å². The van der Waals surface area contributed by atoms with Crippen LogP contribution in [0.4, 0.5) is 5.69 Å². The Morgan fingerprint density at radius 1 is 1.31 bits per heavy atom. The zero-order valence-corrected chi connectivity index (χ0v) is 7.82. The maximum Gasteiger partial charge on any atom is 0.266 e. The molecule has 0 radical (unpaired) electrons. The van der Waals surface area contributed by atoms with Crippen molar-refractivity contribution < 1.29 is 8.42 Å². The van der Waals surface area contributed by atoms with Gasteiger partial charge in [0.15, 0.2) is 0 Å². The molecule has 0 saturated carbocycles. The molecule has 0 aromatic heterocycles. The molecule has 1 aromatic carbocycles. The average molecular weight is 196 g/mol. The first-order chi connectivity index (χ1) is 6.12. The SMILES string of the molecule is CN1C=Nc2ccccc2S1(=O)=O. The number of hydrogen-bond donors (Lipinski definition) is 0. The highest BCUT2D eigenvalue weighted by molar-refractivity contribution is 7.89. The first kappa shape index (κ1) is 8.25. The highest BCUT2D eigenvalue weighted by Crippen LogP contribution is 2.28. The van der Waals surface area contributed by atoms with E-state index in [1.54, 1.807) is 24.3 Å². The number of fused-ring (bicyclic) bond motifs is 1. The molecule has 13 heavy (non-hydrogen) atoms. The van der Waals surface area contributed by atoms with E-state index in [0.717, 1.165) is 4.31 Å². The first-order valence-corrected chi connectivity index (χ1v) is 5.17. The summed E-state index contributed by atoms with van der Waals surface area (Å²) < 4.78 is 24.4. The Kier molecular flexibility index (Phi) is 1.63. The summed E-state index contributed by atoms with van der Waals surface area (Å²) in [6.07, 6.45) is 1.30. The van der Waals surface area contributed by atoms with E-state index in [9.17, 15) is 8.42 Å². The Balaban J connectivity index is 2.76. The number of para-hydroxylation sites is 1. The van der Waals surface area contributed by atoms with Crippen molar-refractivity contribution in [1.82, 2.24) is 4.31 Å². The Bertz CT molecular complexity index is 465. The lowest BCUT2D eigenvalue weighted by Gasteiger charge is -2.19. The van der Waals surface area contributed by atoms with Gasteiger partial charge in [-0.25, -0.2) is 13.4 Å². The van der Waals surface area contributed by atoms with Gasteiger partial charge in [0, 0.05) is 7.05 Å². The van der Waals surface area contributed by atoms with Crippen molar-refractivity contribution in [2.75, 3.05) is 7.05 Å². The fraction of sp³-hybridized carbons (Fsp3) is 0.125. The standard InChI is InChI=1S/C8H8N2O2S/c1-10-6-9-7-4-2-3-5-8(7)13(10,11)12/h2-6H,1H3. The van der Waals surface area contributed by atoms with Gasteiger partial charge in [0.1, 0.15) is 11.2 Å². The molecular formula is C8H8N2O2S. The molecule has 0 spiro atoms. The summed E-state index contributed by atoms with van der Waals surface area (Å²) >= 11 is 0. The van der Waals surface area contributed by atoms with Crippen LogP contribution >= 0.6 is 0 Å². The number of sulfonamides is 1. The van der Waals surface area contributed by atoms with Crippen LogP contribution in [0.2, 0.25) is 0 Å². The van der Waals surface area contributed by atoms with Crippen LogP contribution in [0.3, 0.4) is 0 Å². The molecule has 1 aliphatic heterocycles. The van der Waals surface area contributed by atoms with Crippen LogP contribution in [0.5, 0.6) is 0 Å². The van der Waals surface area contributed by atoms with Gasteiger partial charge in [0.2, 0.25) is 0 Å². The van der Waals surface area contributed by atoms with E-state index in [-0.39, 0.29) is 4.90 Å². The van der Waals surface area contributed by atoms with Crippen LogP contribution in [0.15, 0.2) is 34.2 Å². The lowest BCUT2D eigenvalue weighted by Crippen LogP contribution is -2.27. The van der Waals surface area contributed by atoms with Crippen molar-refractivity contribution in [3.63, 3.8) is 0 Å². The topological polar surface area (TPSA) is 49.7 Å². The third-order valence-electron chi connectivity index (χ3n) is 1.88. The van der Waals surface area contributed by atoms with E-state index < -0.39 is 10.0 Å². The second-order valence-corrected chi connectivity index (χ2v) is 4.70. The zero-order chi connectivity index (χ0) is 9.47. The highest BCUT2D eigenvalue weighted by Gasteiger charge is 2.24. The zero-order valence-electron chi connectivity index (χ0n) is 7.01. The van der Waals surface area contributed by atoms with E-state index in [1.807, 2.05) is 0 Å². The third kappa shape index (κ3) is 1.12. The number of rotatable bonds is 0. The van der Waals surface area contributed by atoms with Crippen LogP contribution in [-0.4, -0.2) is 26.1 Å². The van der Waals surface area contributed by atoms with Gasteiger partial charge in [-0.1, -0.05) is 12.1 Å². The minimum atomic E-state index is -3.34. The molecule has 4 nitrogen and oxygen atoms in total. The molecule has 68 valence electrons. The van der Waals surface area contributed by atoms with Crippen molar-refractivity contribution in [2.24, 2.45) is 4.99 Å². The van der Waals surface area contributed by atoms with Crippen molar-refractivity contribution in [1.29, 1.82) is 0 Å². The Morgan fingerprint density at radius 2 is 2.00 bits per heavy atom. The second kappa shape index (κ2) is 2.56. The monoisotopic (exact) mass is 196 g/mol. The van der Waals surface area contributed by atoms with Gasteiger partial charge in [-0.3, -0.25) is 4.31 Å². The summed E-state index contributed by atoms with van der Waals surface area (Å²) in [5.74, 6) is 0. The predicted octanol–water partition coefficient (Wildman–Crippen LogP) is 0.981. The minimum Gasteiger partial charge on any atom is -0.259 e. The summed E-state index contributed by atoms with van der Waals surface area (Å²) in [7, 11) is -1.87. The molecule has 1 heterocycles. The van der Waals surface area contributed by atoms with E-state index >= 15 is 0 Å². The molecule has 5 heteroatoms. The number of aliphatic imine (C=N–C) groups is 1. The van der Waals surface area contributed by atoms with Crippen LogP contribution in [-0.2, 0) is 10.0 Å². The van der Waals surface area contributed by atoms with Crippen molar-refractivity contribution in [3.05, 3.63) is 24.3 Å². The maximum absolute atomic E-state index is 11.6. The normalized spacial score (nSPS) is 18.4. The predicted molar refractivity (Wildman–Crippen MR) is 49.5 cm³/mol. The number of benzene rings is 1. The van der Waals surface area contributed by atoms with Crippen LogP contribution in [0.25, 0.3) is 0 Å². The van der Waals surface area contributed by atoms with Gasteiger partial charge in [-0.05, 0) is 12.1 Å². The molecule has 0 unspecified atom stereocenters. The molecule has 0 saturated heterocycles. The van der Waals surface area contributed by atoms with Gasteiger partial charge < -0.3 is 0 Å². The Morgan fingerprint density at radius 3 is 2.77 bits per heavy atom. The molecule has 0 fully saturated rings. The molecule has 0 bridgehead atoms. The highest BCUT2D eigenvalue weighted by atomic mass is 32.2. The number of hydrogen-bond acceptors (Lipinski definition) is 3. The minimum absolute atomic E-state index is 0.264. The van der Waals surface area contributed by atoms with Gasteiger partial charge in [0.05, 0.1) is 5.69 Å². The third-order valence-corrected chi connectivity index (χ3v) is 3.64. The lowest BCUT2D eigenvalue weighted by atomic mass is 10.3. The van der Waals surface area contributed by atoms with Crippen molar-refractivity contribution >= 4 is 22.0 Å². The Hall–Kier alpha value is -1.36. The number of nitrogens with zero attached hydrogens (tertiary/aromatic N) is 2. The molecular weight excluding hydrogens is 188 g/mol. The summed E-state index contributed by atoms with van der Waals surface area (Å²) in [5.41, 5.74) is 0.501. The molecule has 1 aromatic rings. The lowest BCUT2D eigenvalue weighted by molar-refractivity contribution is 0.554. The summed E-state index contributed by atoms with van der Waals surface area (Å²) in [6.45, 7) is 0. The maximum atomic E-state index is 11.6. The molecule has 0 amide bonds. The summed E-state index contributed by atoms with van der Waals surface area (Å²) in [4.78, 5) is 4.26. The fourth-order valence-corrected chi connectivity index (χ4v) is 2.26. The van der Waals surface area contributed by atoms with Crippen LogP contribution in [0, 0.1) is 0 Å². The average Bonchev–Trinajstić information content (AvgIpc) is 2.13. The van der Waals surface area contributed by atoms with Crippen molar-refractivity contribution in [2.45, 2.75) is 4.90 Å². The Labute approximate surface area is 76.6 Å². The van der Waals surface area contributed by atoms with E-state index in [0.29, 0.717) is 5.69 Å². The first-order valence-electron chi connectivity index (χ1n) is 3.73. The van der Waals surface area contributed by atoms with Crippen molar-refractivity contribution in [3.8, 4) is 0 Å². The largest absolute Gasteiger partial charge is 0.266 e. The van der Waals surface area contributed by atoms with E-state index in [4.69, 9.17) is 0 Å². The quantitative estimate of drug-likeness (QED) is 0.621. The summed E-state index contributed by atoms with van der Waals surface area (Å²) in [5, 5.41) is 0. The molecule has 1 aliphatic rings.